The molecular formula is C22H19NO4S2. The second-order valence-electron chi connectivity index (χ2n) is 7.25. The molecular weight excluding hydrogens is 406 g/mol. The average molecular weight is 426 g/mol. The summed E-state index contributed by atoms with van der Waals surface area (Å²) in [5.74, 6) is -0.565. The number of carbonyl (C=O) groups is 2. The largest absolute Gasteiger partial charge is 0.344 e. The maximum absolute atomic E-state index is 13.1. The third-order valence-corrected chi connectivity index (χ3v) is 7.81. The van der Waals surface area contributed by atoms with Crippen molar-refractivity contribution in [3.63, 3.8) is 0 Å². The SMILES string of the molecule is CC(C)[C@@H](NC(=O)c1ccc2c(c1)S(=O)(=O)c1ccccc1C2=O)c1cccs1. The van der Waals surface area contributed by atoms with Crippen molar-refractivity contribution in [2.45, 2.75) is 29.7 Å². The van der Waals surface area contributed by atoms with Crippen LogP contribution in [-0.4, -0.2) is 20.1 Å². The highest BCUT2D eigenvalue weighted by Crippen LogP contribution is 2.35. The number of nitrogens with one attached hydrogen (secondary N) is 1. The van der Waals surface area contributed by atoms with Gasteiger partial charge in [0.25, 0.3) is 5.91 Å². The first-order valence-corrected chi connectivity index (χ1v) is 11.5. The van der Waals surface area contributed by atoms with Gasteiger partial charge >= 0.3 is 0 Å². The molecule has 0 aliphatic carbocycles. The molecule has 1 aliphatic rings. The van der Waals surface area contributed by atoms with Crippen LogP contribution in [0.4, 0.5) is 0 Å². The van der Waals surface area contributed by atoms with Crippen molar-refractivity contribution >= 4 is 32.9 Å². The molecule has 0 radical (unpaired) electrons. The average Bonchev–Trinajstić information content (AvgIpc) is 3.24. The minimum absolute atomic E-state index is 0.0197. The Bertz CT molecular complexity index is 1210. The predicted octanol–water partition coefficient (Wildman–Crippen LogP) is 4.25. The highest BCUT2D eigenvalue weighted by atomic mass is 32.2. The van der Waals surface area contributed by atoms with Crippen LogP contribution in [0.2, 0.25) is 0 Å². The van der Waals surface area contributed by atoms with Crippen molar-refractivity contribution in [2.75, 3.05) is 0 Å². The summed E-state index contributed by atoms with van der Waals surface area (Å²) < 4.78 is 26.1. The van der Waals surface area contributed by atoms with E-state index in [4.69, 9.17) is 0 Å². The highest BCUT2D eigenvalue weighted by molar-refractivity contribution is 7.91. The van der Waals surface area contributed by atoms with Crippen molar-refractivity contribution in [1.29, 1.82) is 0 Å². The van der Waals surface area contributed by atoms with Crippen LogP contribution in [0, 0.1) is 5.92 Å². The minimum Gasteiger partial charge on any atom is -0.344 e. The van der Waals surface area contributed by atoms with Gasteiger partial charge in [-0.05, 0) is 47.7 Å². The van der Waals surface area contributed by atoms with Crippen LogP contribution in [0.3, 0.4) is 0 Å². The molecule has 0 saturated heterocycles. The van der Waals surface area contributed by atoms with E-state index in [1.807, 2.05) is 31.4 Å². The fraction of sp³-hybridized carbons (Fsp3) is 0.182. The van der Waals surface area contributed by atoms with Crippen LogP contribution in [0.25, 0.3) is 0 Å². The topological polar surface area (TPSA) is 80.3 Å². The molecule has 1 N–H and O–H groups in total. The van der Waals surface area contributed by atoms with Gasteiger partial charge in [0.1, 0.15) is 0 Å². The molecule has 3 aromatic rings. The second kappa shape index (κ2) is 7.24. The van der Waals surface area contributed by atoms with Gasteiger partial charge in [0.05, 0.1) is 15.8 Å². The number of rotatable bonds is 4. The molecule has 1 amide bonds. The smallest absolute Gasteiger partial charge is 0.251 e. The molecule has 2 aromatic carbocycles. The zero-order valence-corrected chi connectivity index (χ0v) is 17.5. The fourth-order valence-corrected chi connectivity index (χ4v) is 6.11. The van der Waals surface area contributed by atoms with Gasteiger partial charge in [0.15, 0.2) is 5.78 Å². The molecule has 1 aliphatic heterocycles. The molecule has 5 nitrogen and oxygen atoms in total. The monoisotopic (exact) mass is 425 g/mol. The van der Waals surface area contributed by atoms with Gasteiger partial charge in [0, 0.05) is 21.6 Å². The Hall–Kier alpha value is -2.77. The molecule has 4 rings (SSSR count). The maximum atomic E-state index is 13.1. The number of carbonyl (C=O) groups excluding carboxylic acids is 2. The Morgan fingerprint density at radius 1 is 0.966 bits per heavy atom. The van der Waals surface area contributed by atoms with E-state index < -0.39 is 9.84 Å². The predicted molar refractivity (Wildman–Crippen MR) is 111 cm³/mol. The molecule has 2 heterocycles. The molecule has 0 saturated carbocycles. The number of thiophene rings is 1. The number of benzene rings is 2. The number of fused-ring (bicyclic) bond motifs is 2. The van der Waals surface area contributed by atoms with Crippen LogP contribution in [0.5, 0.6) is 0 Å². The van der Waals surface area contributed by atoms with Crippen LogP contribution >= 0.6 is 11.3 Å². The lowest BCUT2D eigenvalue weighted by atomic mass is 10.00. The van der Waals surface area contributed by atoms with Crippen molar-refractivity contribution in [3.05, 3.63) is 81.5 Å². The first-order chi connectivity index (χ1) is 13.8. The van der Waals surface area contributed by atoms with Crippen molar-refractivity contribution in [3.8, 4) is 0 Å². The van der Waals surface area contributed by atoms with Crippen molar-refractivity contribution < 1.29 is 18.0 Å². The van der Waals surface area contributed by atoms with Crippen LogP contribution in [-0.2, 0) is 9.84 Å². The Morgan fingerprint density at radius 2 is 1.69 bits per heavy atom. The van der Waals surface area contributed by atoms with Crippen LogP contribution in [0.1, 0.15) is 51.0 Å². The first kappa shape index (κ1) is 19.5. The van der Waals surface area contributed by atoms with E-state index in [-0.39, 0.29) is 50.1 Å². The van der Waals surface area contributed by atoms with Crippen molar-refractivity contribution in [1.82, 2.24) is 5.32 Å². The number of ketones is 1. The summed E-state index contributed by atoms with van der Waals surface area (Å²) in [6.45, 7) is 4.02. The van der Waals surface area contributed by atoms with Crippen LogP contribution in [0.15, 0.2) is 69.8 Å². The Morgan fingerprint density at radius 3 is 2.38 bits per heavy atom. The molecule has 1 atom stereocenters. The molecule has 0 unspecified atom stereocenters. The van der Waals surface area contributed by atoms with E-state index >= 15 is 0 Å². The van der Waals surface area contributed by atoms with E-state index in [1.54, 1.807) is 23.5 Å². The molecule has 0 spiro atoms. The lowest BCUT2D eigenvalue weighted by Gasteiger charge is -2.22. The van der Waals surface area contributed by atoms with Gasteiger partial charge in [-0.25, -0.2) is 8.42 Å². The summed E-state index contributed by atoms with van der Waals surface area (Å²) in [5.41, 5.74) is 0.468. The minimum atomic E-state index is -3.88. The van der Waals surface area contributed by atoms with Crippen molar-refractivity contribution in [2.24, 2.45) is 5.92 Å². The summed E-state index contributed by atoms with van der Waals surface area (Å²) in [5, 5.41) is 4.94. The summed E-state index contributed by atoms with van der Waals surface area (Å²) in [6.07, 6.45) is 0. The fourth-order valence-electron chi connectivity index (χ4n) is 3.48. The third kappa shape index (κ3) is 3.30. The summed E-state index contributed by atoms with van der Waals surface area (Å²) >= 11 is 1.56. The Balaban J connectivity index is 1.72. The standard InChI is InChI=1S/C22H19NO4S2/c1-13(2)20(17-7-5-11-28-17)23-22(25)14-9-10-16-19(12-14)29(26,27)18-8-4-3-6-15(18)21(16)24/h3-13,20H,1-2H3,(H,23,25)/t20-/m1/s1. The van der Waals surface area contributed by atoms with Gasteiger partial charge in [0.2, 0.25) is 9.84 Å². The lowest BCUT2D eigenvalue weighted by molar-refractivity contribution is 0.0925. The maximum Gasteiger partial charge on any atom is 0.251 e. The highest BCUT2D eigenvalue weighted by Gasteiger charge is 2.35. The quantitative estimate of drug-likeness (QED) is 0.530. The number of amides is 1. The molecule has 1 aromatic heterocycles. The second-order valence-corrected chi connectivity index (χ2v) is 10.1. The number of hydrogen-bond acceptors (Lipinski definition) is 5. The van der Waals surface area contributed by atoms with Gasteiger partial charge < -0.3 is 5.32 Å². The lowest BCUT2D eigenvalue weighted by Crippen LogP contribution is -2.31. The third-order valence-electron chi connectivity index (χ3n) is 5.00. The van der Waals surface area contributed by atoms with E-state index in [1.165, 1.54) is 30.3 Å². The summed E-state index contributed by atoms with van der Waals surface area (Å²) in [6, 6.07) is 14.1. The van der Waals surface area contributed by atoms with Gasteiger partial charge in [-0.2, -0.15) is 0 Å². The molecule has 0 bridgehead atoms. The number of hydrogen-bond donors (Lipinski definition) is 1. The Kier molecular flexibility index (Phi) is 4.88. The molecule has 148 valence electrons. The van der Waals surface area contributed by atoms with Gasteiger partial charge in [-0.15, -0.1) is 11.3 Å². The van der Waals surface area contributed by atoms with E-state index in [0.29, 0.717) is 0 Å². The van der Waals surface area contributed by atoms with E-state index in [9.17, 15) is 18.0 Å². The van der Waals surface area contributed by atoms with Gasteiger partial charge in [-0.1, -0.05) is 32.0 Å². The van der Waals surface area contributed by atoms with Gasteiger partial charge in [-0.3, -0.25) is 9.59 Å². The summed E-state index contributed by atoms with van der Waals surface area (Å²) in [4.78, 5) is 26.5. The molecule has 29 heavy (non-hydrogen) atoms. The zero-order valence-electron chi connectivity index (χ0n) is 15.9. The van der Waals surface area contributed by atoms with Crippen LogP contribution < -0.4 is 5.32 Å². The Labute approximate surface area is 173 Å². The first-order valence-electron chi connectivity index (χ1n) is 9.18. The molecule has 0 fully saturated rings. The normalized spacial score (nSPS) is 15.5. The zero-order chi connectivity index (χ0) is 20.8. The van der Waals surface area contributed by atoms with E-state index in [0.717, 1.165) is 4.88 Å². The number of sulfone groups is 1. The molecule has 7 heteroatoms. The van der Waals surface area contributed by atoms with E-state index in [2.05, 4.69) is 5.32 Å². The summed E-state index contributed by atoms with van der Waals surface area (Å²) in [7, 11) is -3.88.